The number of anilines is 2. The van der Waals surface area contributed by atoms with Crippen molar-refractivity contribution in [2.45, 2.75) is 32.5 Å². The molecule has 0 aromatic carbocycles. The molecular formula is C14H20N4O2S. The molecule has 1 saturated heterocycles. The summed E-state index contributed by atoms with van der Waals surface area (Å²) in [5.41, 5.74) is 6.30. The van der Waals surface area contributed by atoms with Crippen molar-refractivity contribution in [1.29, 1.82) is 5.26 Å². The van der Waals surface area contributed by atoms with Gasteiger partial charge < -0.3 is 20.7 Å². The first-order valence-electron chi connectivity index (χ1n) is 6.76. The van der Waals surface area contributed by atoms with Crippen molar-refractivity contribution in [3.8, 4) is 6.07 Å². The first-order valence-corrected chi connectivity index (χ1v) is 7.58. The second-order valence-corrected chi connectivity index (χ2v) is 6.78. The van der Waals surface area contributed by atoms with Crippen molar-refractivity contribution in [2.24, 2.45) is 0 Å². The maximum atomic E-state index is 11.9. The normalized spacial score (nSPS) is 20.9. The quantitative estimate of drug-likeness (QED) is 0.865. The molecule has 1 unspecified atom stereocenters. The lowest BCUT2D eigenvalue weighted by Gasteiger charge is -2.42. The van der Waals surface area contributed by atoms with Crippen LogP contribution in [0.1, 0.15) is 36.0 Å². The number of carbonyl (C=O) groups is 1. The molecule has 0 bridgehead atoms. The van der Waals surface area contributed by atoms with Gasteiger partial charge >= 0.3 is 0 Å². The Morgan fingerprint density at radius 1 is 1.62 bits per heavy atom. The minimum Gasteiger partial charge on any atom is -0.396 e. The number of nitrogens with zero attached hydrogens (tertiary/aromatic N) is 2. The maximum Gasteiger partial charge on any atom is 0.263 e. The molecule has 1 aromatic rings. The van der Waals surface area contributed by atoms with Crippen LogP contribution in [-0.4, -0.2) is 37.7 Å². The maximum absolute atomic E-state index is 11.9. The van der Waals surface area contributed by atoms with Crippen LogP contribution in [0, 0.1) is 11.3 Å². The molecule has 0 spiro atoms. The SMILES string of the molecule is CNC(=O)c1sc(N2CC(C)OC(C)(C)C2)c(C#N)c1N. The fourth-order valence-corrected chi connectivity index (χ4v) is 3.78. The molecule has 0 radical (unpaired) electrons. The monoisotopic (exact) mass is 308 g/mol. The third-order valence-corrected chi connectivity index (χ3v) is 4.59. The molecule has 0 saturated carbocycles. The zero-order valence-corrected chi connectivity index (χ0v) is 13.5. The smallest absolute Gasteiger partial charge is 0.263 e. The van der Waals surface area contributed by atoms with Crippen molar-refractivity contribution in [3.05, 3.63) is 10.4 Å². The largest absolute Gasteiger partial charge is 0.396 e. The van der Waals surface area contributed by atoms with Gasteiger partial charge in [-0.2, -0.15) is 5.26 Å². The Kier molecular flexibility index (Phi) is 4.12. The van der Waals surface area contributed by atoms with E-state index in [1.807, 2.05) is 20.8 Å². The fourth-order valence-electron chi connectivity index (χ4n) is 2.65. The molecule has 6 nitrogen and oxygen atoms in total. The highest BCUT2D eigenvalue weighted by atomic mass is 32.1. The van der Waals surface area contributed by atoms with E-state index in [0.717, 1.165) is 5.00 Å². The Bertz CT molecular complexity index is 603. The van der Waals surface area contributed by atoms with Gasteiger partial charge in [0.05, 0.1) is 17.4 Å². The molecule has 21 heavy (non-hydrogen) atoms. The van der Waals surface area contributed by atoms with Crippen molar-refractivity contribution < 1.29 is 9.53 Å². The highest BCUT2D eigenvalue weighted by molar-refractivity contribution is 7.19. The predicted molar refractivity (Wildman–Crippen MR) is 83.7 cm³/mol. The molecular weight excluding hydrogens is 288 g/mol. The number of carbonyl (C=O) groups excluding carboxylic acids is 1. The van der Waals surface area contributed by atoms with Gasteiger partial charge in [-0.15, -0.1) is 11.3 Å². The summed E-state index contributed by atoms with van der Waals surface area (Å²) in [4.78, 5) is 14.3. The minimum absolute atomic E-state index is 0.0482. The summed E-state index contributed by atoms with van der Waals surface area (Å²) in [6.45, 7) is 7.34. The lowest BCUT2D eigenvalue weighted by molar-refractivity contribution is -0.0748. The van der Waals surface area contributed by atoms with Crippen LogP contribution in [0.5, 0.6) is 0 Å². The molecule has 1 aromatic heterocycles. The number of hydrogen-bond acceptors (Lipinski definition) is 6. The average Bonchev–Trinajstić information content (AvgIpc) is 2.72. The van der Waals surface area contributed by atoms with Gasteiger partial charge in [-0.25, -0.2) is 0 Å². The second kappa shape index (κ2) is 5.54. The first kappa shape index (κ1) is 15.6. The molecule has 1 amide bonds. The van der Waals surface area contributed by atoms with Gasteiger partial charge in [0.15, 0.2) is 0 Å². The van der Waals surface area contributed by atoms with Crippen molar-refractivity contribution in [1.82, 2.24) is 5.32 Å². The molecule has 1 atom stereocenters. The van der Waals surface area contributed by atoms with Gasteiger partial charge in [0.2, 0.25) is 0 Å². The van der Waals surface area contributed by atoms with E-state index in [9.17, 15) is 10.1 Å². The molecule has 2 rings (SSSR count). The lowest BCUT2D eigenvalue weighted by atomic mass is 10.1. The van der Waals surface area contributed by atoms with E-state index in [2.05, 4.69) is 16.3 Å². The van der Waals surface area contributed by atoms with Crippen LogP contribution in [0.25, 0.3) is 0 Å². The minimum atomic E-state index is -0.309. The number of ether oxygens (including phenoxy) is 1. The van der Waals surface area contributed by atoms with Gasteiger partial charge in [0, 0.05) is 20.1 Å². The summed E-state index contributed by atoms with van der Waals surface area (Å²) < 4.78 is 5.87. The molecule has 1 fully saturated rings. The summed E-state index contributed by atoms with van der Waals surface area (Å²) in [5, 5.41) is 12.7. The molecule has 1 aliphatic heterocycles. The zero-order valence-electron chi connectivity index (χ0n) is 12.7. The number of nitriles is 1. The summed E-state index contributed by atoms with van der Waals surface area (Å²) in [6, 6.07) is 2.13. The third-order valence-electron chi connectivity index (χ3n) is 3.33. The number of nitrogens with one attached hydrogen (secondary N) is 1. The van der Waals surface area contributed by atoms with E-state index in [0.29, 0.717) is 23.5 Å². The van der Waals surface area contributed by atoms with Gasteiger partial charge in [-0.3, -0.25) is 4.79 Å². The third kappa shape index (κ3) is 2.96. The van der Waals surface area contributed by atoms with Crippen LogP contribution in [0.4, 0.5) is 10.7 Å². The van der Waals surface area contributed by atoms with Crippen molar-refractivity contribution in [2.75, 3.05) is 30.8 Å². The van der Waals surface area contributed by atoms with Crippen LogP contribution in [0.15, 0.2) is 0 Å². The second-order valence-electron chi connectivity index (χ2n) is 5.78. The lowest BCUT2D eigenvalue weighted by Crippen LogP contribution is -2.52. The van der Waals surface area contributed by atoms with E-state index in [1.165, 1.54) is 11.3 Å². The Morgan fingerprint density at radius 3 is 2.81 bits per heavy atom. The highest BCUT2D eigenvalue weighted by Gasteiger charge is 2.34. The van der Waals surface area contributed by atoms with Gasteiger partial charge in [0.25, 0.3) is 5.91 Å². The predicted octanol–water partition coefficient (Wildman–Crippen LogP) is 1.57. The van der Waals surface area contributed by atoms with Crippen LogP contribution >= 0.6 is 11.3 Å². The summed E-state index contributed by atoms with van der Waals surface area (Å²) in [5.74, 6) is -0.263. The molecule has 1 aliphatic rings. The van der Waals surface area contributed by atoms with E-state index in [4.69, 9.17) is 10.5 Å². The number of amides is 1. The van der Waals surface area contributed by atoms with Gasteiger partial charge in [-0.05, 0) is 20.8 Å². The van der Waals surface area contributed by atoms with E-state index in [-0.39, 0.29) is 23.3 Å². The molecule has 2 heterocycles. The standard InChI is InChI=1S/C14H20N4O2S/c1-8-6-18(7-14(2,3)20-8)13-9(5-15)10(16)11(21-13)12(19)17-4/h8H,6-7,16H2,1-4H3,(H,17,19). The van der Waals surface area contributed by atoms with Crippen molar-refractivity contribution >= 4 is 27.9 Å². The zero-order chi connectivity index (χ0) is 15.8. The number of hydrogen-bond donors (Lipinski definition) is 2. The topological polar surface area (TPSA) is 91.4 Å². The number of rotatable bonds is 2. The Hall–Kier alpha value is -1.78. The van der Waals surface area contributed by atoms with E-state index >= 15 is 0 Å². The first-order chi connectivity index (χ1) is 9.79. The summed E-state index contributed by atoms with van der Waals surface area (Å²) in [7, 11) is 1.55. The number of nitrogens with two attached hydrogens (primary N) is 1. The van der Waals surface area contributed by atoms with Gasteiger partial charge in [-0.1, -0.05) is 0 Å². The number of nitrogen functional groups attached to an aromatic ring is 1. The fraction of sp³-hybridized carbons (Fsp3) is 0.571. The van der Waals surface area contributed by atoms with Crippen LogP contribution in [0.2, 0.25) is 0 Å². The van der Waals surface area contributed by atoms with E-state index in [1.54, 1.807) is 7.05 Å². The van der Waals surface area contributed by atoms with Crippen LogP contribution in [-0.2, 0) is 4.74 Å². The summed E-state index contributed by atoms with van der Waals surface area (Å²) >= 11 is 1.26. The van der Waals surface area contributed by atoms with E-state index < -0.39 is 0 Å². The van der Waals surface area contributed by atoms with Crippen molar-refractivity contribution in [3.63, 3.8) is 0 Å². The summed E-state index contributed by atoms with van der Waals surface area (Å²) in [6.07, 6.45) is 0.0482. The Morgan fingerprint density at radius 2 is 2.29 bits per heavy atom. The Labute approximate surface area is 128 Å². The highest BCUT2D eigenvalue weighted by Crippen LogP contribution is 2.39. The molecule has 0 aliphatic carbocycles. The molecule has 3 N–H and O–H groups in total. The molecule has 114 valence electrons. The Balaban J connectivity index is 2.44. The van der Waals surface area contributed by atoms with Gasteiger partial charge in [0.1, 0.15) is 21.5 Å². The molecule has 7 heteroatoms. The van der Waals surface area contributed by atoms with Crippen LogP contribution < -0.4 is 16.0 Å². The number of morpholine rings is 1. The number of thiophene rings is 1. The average molecular weight is 308 g/mol. The van der Waals surface area contributed by atoms with Crippen LogP contribution in [0.3, 0.4) is 0 Å².